The van der Waals surface area contributed by atoms with Gasteiger partial charge in [0.1, 0.15) is 10.0 Å². The number of anilines is 1. The van der Waals surface area contributed by atoms with E-state index in [1.54, 1.807) is 47.0 Å². The number of aromatic nitrogens is 2. The van der Waals surface area contributed by atoms with Gasteiger partial charge in [-0.05, 0) is 41.1 Å². The van der Waals surface area contributed by atoms with E-state index in [1.807, 2.05) is 17.5 Å². The molecule has 0 radical (unpaired) electrons. The molecule has 8 heteroatoms. The molecule has 0 spiro atoms. The van der Waals surface area contributed by atoms with E-state index < -0.39 is 10.0 Å². The summed E-state index contributed by atoms with van der Waals surface area (Å²) in [6.07, 6.45) is 0. The fourth-order valence-electron chi connectivity index (χ4n) is 2.22. The first-order chi connectivity index (χ1) is 11.1. The molecule has 23 heavy (non-hydrogen) atoms. The molecule has 3 heterocycles. The second kappa shape index (κ2) is 5.48. The second-order valence-electron chi connectivity index (χ2n) is 4.83. The van der Waals surface area contributed by atoms with Crippen molar-refractivity contribution in [2.75, 3.05) is 4.72 Å². The molecule has 2 N–H and O–H groups in total. The van der Waals surface area contributed by atoms with Crippen LogP contribution in [0.25, 0.3) is 21.7 Å². The van der Waals surface area contributed by atoms with E-state index in [9.17, 15) is 8.42 Å². The molecule has 3 aromatic heterocycles. The maximum atomic E-state index is 12.3. The number of nitrogens with zero attached hydrogens (tertiary/aromatic N) is 1. The molecular formula is C15H11N3O2S3. The maximum absolute atomic E-state index is 12.3. The van der Waals surface area contributed by atoms with Gasteiger partial charge in [-0.15, -0.1) is 22.7 Å². The van der Waals surface area contributed by atoms with Gasteiger partial charge < -0.3 is 4.98 Å². The zero-order valence-corrected chi connectivity index (χ0v) is 14.1. The van der Waals surface area contributed by atoms with Gasteiger partial charge in [-0.25, -0.2) is 13.4 Å². The van der Waals surface area contributed by atoms with E-state index in [0.29, 0.717) is 9.90 Å². The molecule has 1 aromatic carbocycles. The number of nitrogens with one attached hydrogen (secondary N) is 2. The van der Waals surface area contributed by atoms with Crippen LogP contribution in [-0.4, -0.2) is 18.4 Å². The summed E-state index contributed by atoms with van der Waals surface area (Å²) in [4.78, 5) is 8.79. The highest BCUT2D eigenvalue weighted by Crippen LogP contribution is 2.27. The van der Waals surface area contributed by atoms with Crippen LogP contribution in [0.15, 0.2) is 57.4 Å². The van der Waals surface area contributed by atoms with Gasteiger partial charge in [-0.1, -0.05) is 12.1 Å². The molecule has 0 aliphatic rings. The molecule has 0 aliphatic heterocycles. The molecule has 0 saturated heterocycles. The van der Waals surface area contributed by atoms with Crippen molar-refractivity contribution in [3.63, 3.8) is 0 Å². The standard InChI is InChI=1S/C15H11N3O2S3/c19-23(20,14-4-2-8-22-14)18-10-5-6-11-12(9-10)17-15(16-11)13-3-1-7-21-13/h1-9,18H,(H,16,17). The third-order valence-corrected chi connectivity index (χ3v) is 6.90. The Hall–Kier alpha value is -2.16. The number of benzene rings is 1. The van der Waals surface area contributed by atoms with Crippen molar-refractivity contribution < 1.29 is 8.42 Å². The summed E-state index contributed by atoms with van der Waals surface area (Å²) in [7, 11) is -3.54. The van der Waals surface area contributed by atoms with Crippen molar-refractivity contribution in [2.45, 2.75) is 4.21 Å². The Kier molecular flexibility index (Phi) is 3.44. The smallest absolute Gasteiger partial charge is 0.271 e. The Morgan fingerprint density at radius 1 is 1.04 bits per heavy atom. The summed E-state index contributed by atoms with van der Waals surface area (Å²) in [5.74, 6) is 0.785. The van der Waals surface area contributed by atoms with E-state index in [2.05, 4.69) is 14.7 Å². The lowest BCUT2D eigenvalue weighted by Gasteiger charge is -2.05. The Morgan fingerprint density at radius 2 is 1.87 bits per heavy atom. The van der Waals surface area contributed by atoms with Gasteiger partial charge in [-0.2, -0.15) is 0 Å². The van der Waals surface area contributed by atoms with Gasteiger partial charge in [0.15, 0.2) is 0 Å². The minimum Gasteiger partial charge on any atom is -0.337 e. The largest absolute Gasteiger partial charge is 0.337 e. The predicted molar refractivity (Wildman–Crippen MR) is 94.5 cm³/mol. The average molecular weight is 361 g/mol. The molecule has 0 unspecified atom stereocenters. The van der Waals surface area contributed by atoms with Crippen LogP contribution in [0.2, 0.25) is 0 Å². The molecule has 0 aliphatic carbocycles. The molecule has 0 fully saturated rings. The van der Waals surface area contributed by atoms with Gasteiger partial charge in [0, 0.05) is 0 Å². The first kappa shape index (κ1) is 14.4. The topological polar surface area (TPSA) is 74.8 Å². The van der Waals surface area contributed by atoms with Gasteiger partial charge in [0.05, 0.1) is 21.6 Å². The van der Waals surface area contributed by atoms with Crippen LogP contribution in [0.4, 0.5) is 5.69 Å². The molecule has 0 atom stereocenters. The number of imidazole rings is 1. The van der Waals surface area contributed by atoms with Gasteiger partial charge in [0.2, 0.25) is 0 Å². The molecule has 4 rings (SSSR count). The Bertz CT molecular complexity index is 1050. The van der Waals surface area contributed by atoms with Crippen LogP contribution in [-0.2, 0) is 10.0 Å². The number of rotatable bonds is 4. The normalized spacial score (nSPS) is 11.8. The summed E-state index contributed by atoms with van der Waals surface area (Å²) >= 11 is 2.79. The minimum absolute atomic E-state index is 0.293. The highest BCUT2D eigenvalue weighted by Gasteiger charge is 2.15. The SMILES string of the molecule is O=S(=O)(Nc1ccc2nc(-c3cccs3)[nH]c2c1)c1cccs1. The number of aromatic amines is 1. The van der Waals surface area contributed by atoms with Crippen LogP contribution >= 0.6 is 22.7 Å². The highest BCUT2D eigenvalue weighted by molar-refractivity contribution is 7.94. The first-order valence-corrected chi connectivity index (χ1v) is 9.96. The molecule has 0 bridgehead atoms. The lowest BCUT2D eigenvalue weighted by atomic mass is 10.3. The number of fused-ring (bicyclic) bond motifs is 1. The van der Waals surface area contributed by atoms with E-state index in [4.69, 9.17) is 0 Å². The summed E-state index contributed by atoms with van der Waals surface area (Å²) in [5.41, 5.74) is 2.10. The predicted octanol–water partition coefficient (Wildman–Crippen LogP) is 4.15. The van der Waals surface area contributed by atoms with Crippen molar-refractivity contribution >= 4 is 49.4 Å². The van der Waals surface area contributed by atoms with Crippen molar-refractivity contribution in [2.24, 2.45) is 0 Å². The zero-order valence-electron chi connectivity index (χ0n) is 11.7. The quantitative estimate of drug-likeness (QED) is 0.573. The van der Waals surface area contributed by atoms with E-state index in [-0.39, 0.29) is 0 Å². The average Bonchev–Trinajstić information content (AvgIpc) is 3.26. The van der Waals surface area contributed by atoms with E-state index in [1.165, 1.54) is 11.3 Å². The van der Waals surface area contributed by atoms with Gasteiger partial charge in [-0.3, -0.25) is 4.72 Å². The second-order valence-corrected chi connectivity index (χ2v) is 8.64. The fraction of sp³-hybridized carbons (Fsp3) is 0. The monoisotopic (exact) mass is 361 g/mol. The van der Waals surface area contributed by atoms with Crippen LogP contribution in [0.3, 0.4) is 0 Å². The zero-order chi connectivity index (χ0) is 15.9. The first-order valence-electron chi connectivity index (χ1n) is 6.72. The van der Waals surface area contributed by atoms with E-state index in [0.717, 1.165) is 21.7 Å². The lowest BCUT2D eigenvalue weighted by Crippen LogP contribution is -2.11. The number of sulfonamides is 1. The summed E-state index contributed by atoms with van der Waals surface area (Å²) in [6, 6.07) is 12.5. The Morgan fingerprint density at radius 3 is 2.61 bits per heavy atom. The Balaban J connectivity index is 1.69. The van der Waals surface area contributed by atoms with Crippen LogP contribution in [0, 0.1) is 0 Å². The fourth-order valence-corrected chi connectivity index (χ4v) is 4.94. The summed E-state index contributed by atoms with van der Waals surface area (Å²) in [5, 5.41) is 3.73. The van der Waals surface area contributed by atoms with Crippen molar-refractivity contribution in [1.29, 1.82) is 0 Å². The number of hydrogen-bond acceptors (Lipinski definition) is 5. The van der Waals surface area contributed by atoms with Crippen LogP contribution in [0.1, 0.15) is 0 Å². The third-order valence-electron chi connectivity index (χ3n) is 3.25. The van der Waals surface area contributed by atoms with E-state index >= 15 is 0 Å². The Labute approximate surface area is 140 Å². The van der Waals surface area contributed by atoms with Crippen LogP contribution in [0.5, 0.6) is 0 Å². The van der Waals surface area contributed by atoms with Crippen molar-refractivity contribution in [3.05, 3.63) is 53.2 Å². The maximum Gasteiger partial charge on any atom is 0.271 e. The summed E-state index contributed by atoms with van der Waals surface area (Å²) in [6.45, 7) is 0. The number of hydrogen-bond donors (Lipinski definition) is 2. The number of thiophene rings is 2. The molecule has 5 nitrogen and oxygen atoms in total. The van der Waals surface area contributed by atoms with Gasteiger partial charge in [0.25, 0.3) is 10.0 Å². The van der Waals surface area contributed by atoms with Crippen LogP contribution < -0.4 is 4.72 Å². The lowest BCUT2D eigenvalue weighted by molar-refractivity contribution is 0.603. The molecule has 116 valence electrons. The molecule has 0 saturated carbocycles. The molecule has 4 aromatic rings. The highest BCUT2D eigenvalue weighted by atomic mass is 32.2. The summed E-state index contributed by atoms with van der Waals surface area (Å²) < 4.78 is 27.4. The molecular weight excluding hydrogens is 350 g/mol. The van der Waals surface area contributed by atoms with Gasteiger partial charge >= 0.3 is 0 Å². The molecule has 0 amide bonds. The third kappa shape index (κ3) is 2.76. The van der Waals surface area contributed by atoms with Crippen molar-refractivity contribution in [3.8, 4) is 10.7 Å². The minimum atomic E-state index is -3.54. The number of H-pyrrole nitrogens is 1. The van der Waals surface area contributed by atoms with Crippen molar-refractivity contribution in [1.82, 2.24) is 9.97 Å².